The molecule has 0 aliphatic carbocycles. The van der Waals surface area contributed by atoms with Gasteiger partial charge in [0.15, 0.2) is 5.76 Å². The highest BCUT2D eigenvalue weighted by Gasteiger charge is 2.14. The third kappa shape index (κ3) is 1.76. The van der Waals surface area contributed by atoms with Gasteiger partial charge in [-0.2, -0.15) is 0 Å². The molecule has 0 fully saturated rings. The molecule has 0 aliphatic rings. The molecule has 0 bridgehead atoms. The van der Waals surface area contributed by atoms with Crippen molar-refractivity contribution < 1.29 is 9.21 Å². The van der Waals surface area contributed by atoms with Gasteiger partial charge in [-0.25, -0.2) is 0 Å². The highest BCUT2D eigenvalue weighted by atomic mass is 16.3. The molecule has 3 heteroatoms. The number of carbonyl (C=O) groups excluding carboxylic acids is 1. The molecule has 0 atom stereocenters. The number of rotatable bonds is 2. The van der Waals surface area contributed by atoms with Crippen molar-refractivity contribution in [2.24, 2.45) is 0 Å². The van der Waals surface area contributed by atoms with Crippen LogP contribution in [0.25, 0.3) is 0 Å². The van der Waals surface area contributed by atoms with Crippen molar-refractivity contribution in [1.29, 1.82) is 0 Å². The highest BCUT2D eigenvalue weighted by molar-refractivity contribution is 6.08. The van der Waals surface area contributed by atoms with Gasteiger partial charge >= 0.3 is 0 Å². The maximum absolute atomic E-state index is 11.9. The van der Waals surface area contributed by atoms with Crippen LogP contribution < -0.4 is 5.73 Å². The number of nitrogens with two attached hydrogens (primary N) is 1. The minimum atomic E-state index is -0.134. The normalized spacial score (nSPS) is 10.2. The molecule has 1 aromatic heterocycles. The number of nitrogen functional groups attached to an aromatic ring is 1. The average Bonchev–Trinajstić information content (AvgIpc) is 2.74. The van der Waals surface area contributed by atoms with E-state index in [1.807, 2.05) is 13.0 Å². The minimum Gasteiger partial charge on any atom is -0.461 e. The second-order valence-corrected chi connectivity index (χ2v) is 3.38. The number of furan rings is 1. The summed E-state index contributed by atoms with van der Waals surface area (Å²) in [6.07, 6.45) is 1.48. The van der Waals surface area contributed by atoms with Crippen LogP contribution in [0.2, 0.25) is 0 Å². The first-order chi connectivity index (χ1) is 7.18. The molecule has 1 aromatic carbocycles. The Kier molecular flexibility index (Phi) is 2.29. The van der Waals surface area contributed by atoms with E-state index in [1.54, 1.807) is 24.3 Å². The Hall–Kier alpha value is -2.03. The maximum Gasteiger partial charge on any atom is 0.228 e. The topological polar surface area (TPSA) is 56.2 Å². The second kappa shape index (κ2) is 3.61. The van der Waals surface area contributed by atoms with E-state index < -0.39 is 0 Å². The molecule has 15 heavy (non-hydrogen) atoms. The van der Waals surface area contributed by atoms with Crippen molar-refractivity contribution in [2.45, 2.75) is 6.92 Å². The molecule has 3 nitrogen and oxygen atoms in total. The summed E-state index contributed by atoms with van der Waals surface area (Å²) in [5.74, 6) is 0.202. The summed E-state index contributed by atoms with van der Waals surface area (Å²) < 4.78 is 5.05. The van der Waals surface area contributed by atoms with Crippen LogP contribution >= 0.6 is 0 Å². The van der Waals surface area contributed by atoms with Gasteiger partial charge in [-0.15, -0.1) is 0 Å². The van der Waals surface area contributed by atoms with Gasteiger partial charge < -0.3 is 10.2 Å². The summed E-state index contributed by atoms with van der Waals surface area (Å²) in [7, 11) is 0. The van der Waals surface area contributed by atoms with Crippen molar-refractivity contribution in [3.05, 3.63) is 53.5 Å². The van der Waals surface area contributed by atoms with E-state index in [0.717, 1.165) is 5.56 Å². The van der Waals surface area contributed by atoms with Gasteiger partial charge in [-0.05, 0) is 36.8 Å². The largest absolute Gasteiger partial charge is 0.461 e. The molecule has 1 heterocycles. The molecular formula is C12H11NO2. The lowest BCUT2D eigenvalue weighted by Crippen LogP contribution is -2.03. The number of benzene rings is 1. The van der Waals surface area contributed by atoms with Crippen LogP contribution in [0.3, 0.4) is 0 Å². The number of ketones is 1. The van der Waals surface area contributed by atoms with E-state index >= 15 is 0 Å². The van der Waals surface area contributed by atoms with Gasteiger partial charge in [0.25, 0.3) is 0 Å². The van der Waals surface area contributed by atoms with Gasteiger partial charge in [-0.1, -0.05) is 6.07 Å². The van der Waals surface area contributed by atoms with Crippen LogP contribution in [-0.4, -0.2) is 5.78 Å². The number of aryl methyl sites for hydroxylation is 1. The third-order valence-electron chi connectivity index (χ3n) is 2.25. The minimum absolute atomic E-state index is 0.134. The quantitative estimate of drug-likeness (QED) is 0.599. The predicted octanol–water partition coefficient (Wildman–Crippen LogP) is 2.40. The lowest BCUT2D eigenvalue weighted by atomic mass is 10.0. The first-order valence-corrected chi connectivity index (χ1v) is 4.63. The fourth-order valence-electron chi connectivity index (χ4n) is 1.42. The van der Waals surface area contributed by atoms with Crippen molar-refractivity contribution >= 4 is 11.5 Å². The number of carbonyl (C=O) groups is 1. The molecule has 0 saturated carbocycles. The van der Waals surface area contributed by atoms with E-state index in [2.05, 4.69) is 0 Å². The Labute approximate surface area is 87.5 Å². The molecular weight excluding hydrogens is 190 g/mol. The molecule has 0 amide bonds. The fourth-order valence-corrected chi connectivity index (χ4v) is 1.42. The van der Waals surface area contributed by atoms with Crippen molar-refractivity contribution in [2.75, 3.05) is 5.73 Å². The van der Waals surface area contributed by atoms with Crippen LogP contribution in [0.4, 0.5) is 5.69 Å². The van der Waals surface area contributed by atoms with Gasteiger partial charge in [0.1, 0.15) is 0 Å². The van der Waals surface area contributed by atoms with Gasteiger partial charge in [0.2, 0.25) is 5.78 Å². The number of hydrogen-bond acceptors (Lipinski definition) is 3. The lowest BCUT2D eigenvalue weighted by molar-refractivity contribution is 0.101. The summed E-state index contributed by atoms with van der Waals surface area (Å²) in [6, 6.07) is 8.60. The fraction of sp³-hybridized carbons (Fsp3) is 0.0833. The smallest absolute Gasteiger partial charge is 0.228 e. The monoisotopic (exact) mass is 201 g/mol. The summed E-state index contributed by atoms with van der Waals surface area (Å²) in [6.45, 7) is 1.87. The summed E-state index contributed by atoms with van der Waals surface area (Å²) in [5.41, 5.74) is 7.70. The van der Waals surface area contributed by atoms with Crippen LogP contribution in [0.15, 0.2) is 41.0 Å². The second-order valence-electron chi connectivity index (χ2n) is 3.38. The zero-order valence-electron chi connectivity index (χ0n) is 8.36. The highest BCUT2D eigenvalue weighted by Crippen LogP contribution is 2.17. The zero-order valence-corrected chi connectivity index (χ0v) is 8.36. The van der Waals surface area contributed by atoms with Crippen LogP contribution in [0.5, 0.6) is 0 Å². The van der Waals surface area contributed by atoms with E-state index in [4.69, 9.17) is 10.2 Å². The Morgan fingerprint density at radius 3 is 2.80 bits per heavy atom. The molecule has 76 valence electrons. The van der Waals surface area contributed by atoms with Crippen LogP contribution in [0, 0.1) is 6.92 Å². The molecule has 0 aliphatic heterocycles. The zero-order chi connectivity index (χ0) is 10.8. The molecule has 2 N–H and O–H groups in total. The summed E-state index contributed by atoms with van der Waals surface area (Å²) in [4.78, 5) is 11.9. The maximum atomic E-state index is 11.9. The van der Waals surface area contributed by atoms with E-state index in [0.29, 0.717) is 17.0 Å². The molecule has 0 unspecified atom stereocenters. The van der Waals surface area contributed by atoms with E-state index in [9.17, 15) is 4.79 Å². The van der Waals surface area contributed by atoms with Gasteiger partial charge in [-0.3, -0.25) is 4.79 Å². The molecule has 2 aromatic rings. The SMILES string of the molecule is Cc1ccc(N)cc1C(=O)c1ccco1. The Balaban J connectivity index is 2.46. The van der Waals surface area contributed by atoms with Crippen LogP contribution in [-0.2, 0) is 0 Å². The van der Waals surface area contributed by atoms with E-state index in [-0.39, 0.29) is 5.78 Å². The lowest BCUT2D eigenvalue weighted by Gasteiger charge is -2.03. The molecule has 0 radical (unpaired) electrons. The van der Waals surface area contributed by atoms with E-state index in [1.165, 1.54) is 6.26 Å². The summed E-state index contributed by atoms with van der Waals surface area (Å²) in [5, 5.41) is 0. The van der Waals surface area contributed by atoms with Gasteiger partial charge in [0, 0.05) is 11.3 Å². The first-order valence-electron chi connectivity index (χ1n) is 4.63. The average molecular weight is 201 g/mol. The first kappa shape index (κ1) is 9.52. The number of anilines is 1. The third-order valence-corrected chi connectivity index (χ3v) is 2.25. The van der Waals surface area contributed by atoms with Crippen molar-refractivity contribution in [1.82, 2.24) is 0 Å². The number of hydrogen-bond donors (Lipinski definition) is 1. The molecule has 2 rings (SSSR count). The Bertz CT molecular complexity index is 486. The summed E-state index contributed by atoms with van der Waals surface area (Å²) >= 11 is 0. The Morgan fingerprint density at radius 2 is 2.13 bits per heavy atom. The van der Waals surface area contributed by atoms with Crippen LogP contribution in [0.1, 0.15) is 21.7 Å². The van der Waals surface area contributed by atoms with Crippen molar-refractivity contribution in [3.8, 4) is 0 Å². The van der Waals surface area contributed by atoms with Gasteiger partial charge in [0.05, 0.1) is 6.26 Å². The standard InChI is InChI=1S/C12H11NO2/c1-8-4-5-9(13)7-10(8)12(14)11-3-2-6-15-11/h2-7H,13H2,1H3. The Morgan fingerprint density at radius 1 is 1.33 bits per heavy atom. The predicted molar refractivity (Wildman–Crippen MR) is 57.7 cm³/mol. The van der Waals surface area contributed by atoms with Crippen molar-refractivity contribution in [3.63, 3.8) is 0 Å². The molecule has 0 saturated heterocycles. The molecule has 0 spiro atoms.